The van der Waals surface area contributed by atoms with Crippen LogP contribution in [0.4, 0.5) is 0 Å². The maximum atomic E-state index is 5.25. The fraction of sp³-hybridized carbons (Fsp3) is 0.0196. The van der Waals surface area contributed by atoms with E-state index >= 15 is 0 Å². The van der Waals surface area contributed by atoms with Gasteiger partial charge in [-0.2, -0.15) is 0 Å². The molecule has 0 saturated heterocycles. The molecular weight excluding hydrogens is 641 g/mol. The highest BCUT2D eigenvalue weighted by Crippen LogP contribution is 2.46. The molecule has 0 bridgehead atoms. The van der Waals surface area contributed by atoms with E-state index in [2.05, 4.69) is 176 Å². The normalized spacial score (nSPS) is 12.1. The molecule has 0 atom stereocenters. The first-order chi connectivity index (χ1) is 26.3. The van der Waals surface area contributed by atoms with Gasteiger partial charge in [0.1, 0.15) is 0 Å². The Hall–Kier alpha value is -6.90. The number of nitrogens with zero attached hydrogens (tertiary/aromatic N) is 2. The predicted octanol–water partition coefficient (Wildman–Crippen LogP) is 13.3. The number of hydrogen-bond donors (Lipinski definition) is 0. The molecule has 11 rings (SSSR count). The summed E-state index contributed by atoms with van der Waals surface area (Å²) in [6, 6.07) is 65.8. The third-order valence-electron chi connectivity index (χ3n) is 11.1. The summed E-state index contributed by atoms with van der Waals surface area (Å²) in [6.45, 7) is 0. The van der Waals surface area contributed by atoms with Gasteiger partial charge in [0.25, 0.3) is 0 Å². The van der Waals surface area contributed by atoms with Crippen molar-refractivity contribution in [2.45, 2.75) is 6.42 Å². The van der Waals surface area contributed by atoms with Crippen LogP contribution >= 0.6 is 0 Å². The summed E-state index contributed by atoms with van der Waals surface area (Å²) in [4.78, 5) is 10.4. The zero-order chi connectivity index (χ0) is 34.9. The first-order valence-corrected chi connectivity index (χ1v) is 18.3. The maximum absolute atomic E-state index is 5.25. The molecule has 1 aliphatic carbocycles. The Labute approximate surface area is 307 Å². The molecule has 0 unspecified atom stereocenters. The lowest BCUT2D eigenvalue weighted by molar-refractivity contribution is 1.19. The van der Waals surface area contributed by atoms with Gasteiger partial charge in [-0.1, -0.05) is 164 Å². The zero-order valence-corrected chi connectivity index (χ0v) is 28.9. The van der Waals surface area contributed by atoms with Crippen molar-refractivity contribution in [1.82, 2.24) is 9.97 Å². The number of para-hydroxylation sites is 1. The van der Waals surface area contributed by atoms with E-state index in [0.29, 0.717) is 0 Å². The van der Waals surface area contributed by atoms with E-state index in [1.165, 1.54) is 76.8 Å². The fourth-order valence-corrected chi connectivity index (χ4v) is 8.68. The first kappa shape index (κ1) is 29.8. The van der Waals surface area contributed by atoms with Gasteiger partial charge >= 0.3 is 0 Å². The molecule has 0 spiro atoms. The Balaban J connectivity index is 1.02. The number of fused-ring (bicyclic) bond motifs is 10. The molecule has 0 N–H and O–H groups in total. The van der Waals surface area contributed by atoms with Crippen LogP contribution in [0.1, 0.15) is 11.1 Å². The Bertz CT molecular complexity index is 3050. The van der Waals surface area contributed by atoms with Crippen LogP contribution in [-0.4, -0.2) is 9.97 Å². The van der Waals surface area contributed by atoms with Crippen LogP contribution in [0.3, 0.4) is 0 Å². The summed E-state index contributed by atoms with van der Waals surface area (Å²) in [5.74, 6) is 0.771. The van der Waals surface area contributed by atoms with Gasteiger partial charge in [-0.15, -0.1) is 0 Å². The van der Waals surface area contributed by atoms with Gasteiger partial charge in [-0.3, -0.25) is 0 Å². The summed E-state index contributed by atoms with van der Waals surface area (Å²) in [6.07, 6.45) is 0.827. The van der Waals surface area contributed by atoms with E-state index in [1.54, 1.807) is 0 Å². The number of benzene rings is 9. The van der Waals surface area contributed by atoms with E-state index < -0.39 is 0 Å². The van der Waals surface area contributed by atoms with Gasteiger partial charge in [0.05, 0.1) is 11.2 Å². The molecule has 2 heteroatoms. The molecule has 0 amide bonds. The highest BCUT2D eigenvalue weighted by molar-refractivity contribution is 6.25. The lowest BCUT2D eigenvalue weighted by Gasteiger charge is -2.13. The Morgan fingerprint density at radius 1 is 0.302 bits per heavy atom. The summed E-state index contributed by atoms with van der Waals surface area (Å²) in [5.41, 5.74) is 14.2. The molecular formula is C51H32N2. The summed E-state index contributed by atoms with van der Waals surface area (Å²) < 4.78 is 0. The minimum Gasteiger partial charge on any atom is -0.228 e. The number of hydrogen-bond acceptors (Lipinski definition) is 2. The smallest absolute Gasteiger partial charge is 0.160 e. The van der Waals surface area contributed by atoms with Gasteiger partial charge in [0, 0.05) is 22.9 Å². The second kappa shape index (κ2) is 11.8. The van der Waals surface area contributed by atoms with Gasteiger partial charge in [-0.05, 0) is 95.0 Å². The Kier molecular flexibility index (Phi) is 6.65. The standard InChI is InChI=1S/C51H32N2/c1-2-13-32(14-3-1)50-45-21-8-9-26-49(45)52-51(53-50)44-25-12-24-42-41-23-11-22-36(47(41)31-48(42)44)35-16-10-15-33(29-35)34-27-28-43-39-19-5-4-17-37(39)38-18-6-7-20-40(38)46(43)30-34/h1-30H,31H2. The summed E-state index contributed by atoms with van der Waals surface area (Å²) in [7, 11) is 0. The van der Waals surface area contributed by atoms with E-state index in [1.807, 2.05) is 6.07 Å². The van der Waals surface area contributed by atoms with Crippen LogP contribution in [0.25, 0.3) is 99.2 Å². The monoisotopic (exact) mass is 672 g/mol. The third kappa shape index (κ3) is 4.73. The largest absolute Gasteiger partial charge is 0.228 e. The molecule has 53 heavy (non-hydrogen) atoms. The van der Waals surface area contributed by atoms with Crippen molar-refractivity contribution in [3.63, 3.8) is 0 Å². The minimum absolute atomic E-state index is 0.771. The molecule has 0 fully saturated rings. The topological polar surface area (TPSA) is 25.8 Å². The molecule has 9 aromatic carbocycles. The highest BCUT2D eigenvalue weighted by atomic mass is 14.9. The minimum atomic E-state index is 0.771. The second-order valence-electron chi connectivity index (χ2n) is 14.1. The van der Waals surface area contributed by atoms with Crippen LogP contribution in [0.15, 0.2) is 182 Å². The van der Waals surface area contributed by atoms with E-state index in [4.69, 9.17) is 9.97 Å². The fourth-order valence-electron chi connectivity index (χ4n) is 8.68. The SMILES string of the molecule is c1ccc(-c2nc(-c3cccc4c3Cc3c(-c5cccc(-c6ccc7c8ccccc8c8ccccc8c7c6)c5)cccc3-4)nc3ccccc23)cc1. The molecule has 0 radical (unpaired) electrons. The molecule has 1 heterocycles. The van der Waals surface area contributed by atoms with Gasteiger partial charge in [0.15, 0.2) is 5.82 Å². The molecule has 0 saturated carbocycles. The number of aromatic nitrogens is 2. The quantitative estimate of drug-likeness (QED) is 0.174. The van der Waals surface area contributed by atoms with Gasteiger partial charge in [0.2, 0.25) is 0 Å². The molecule has 0 aliphatic heterocycles. The average molecular weight is 673 g/mol. The molecule has 1 aliphatic rings. The lowest BCUT2D eigenvalue weighted by Crippen LogP contribution is -1.98. The van der Waals surface area contributed by atoms with Crippen molar-refractivity contribution in [3.05, 3.63) is 193 Å². The van der Waals surface area contributed by atoms with E-state index in [-0.39, 0.29) is 0 Å². The van der Waals surface area contributed by atoms with Crippen LogP contribution in [0.5, 0.6) is 0 Å². The van der Waals surface area contributed by atoms with Crippen LogP contribution in [0, 0.1) is 0 Å². The van der Waals surface area contributed by atoms with E-state index in [9.17, 15) is 0 Å². The van der Waals surface area contributed by atoms with Crippen LogP contribution in [0.2, 0.25) is 0 Å². The molecule has 2 nitrogen and oxygen atoms in total. The maximum Gasteiger partial charge on any atom is 0.160 e. The second-order valence-corrected chi connectivity index (χ2v) is 14.1. The third-order valence-corrected chi connectivity index (χ3v) is 11.1. The predicted molar refractivity (Wildman–Crippen MR) is 222 cm³/mol. The molecule has 1 aromatic heterocycles. The van der Waals surface area contributed by atoms with Crippen LogP contribution < -0.4 is 0 Å². The molecule has 10 aromatic rings. The van der Waals surface area contributed by atoms with E-state index in [0.717, 1.165) is 40.0 Å². The zero-order valence-electron chi connectivity index (χ0n) is 28.9. The van der Waals surface area contributed by atoms with Crippen molar-refractivity contribution < 1.29 is 0 Å². The number of rotatable bonds is 4. The van der Waals surface area contributed by atoms with Crippen molar-refractivity contribution in [1.29, 1.82) is 0 Å². The lowest BCUT2D eigenvalue weighted by atomic mass is 9.90. The highest BCUT2D eigenvalue weighted by Gasteiger charge is 2.26. The average Bonchev–Trinajstić information content (AvgIpc) is 3.63. The molecule has 246 valence electrons. The first-order valence-electron chi connectivity index (χ1n) is 18.3. The Morgan fingerprint density at radius 2 is 0.811 bits per heavy atom. The van der Waals surface area contributed by atoms with Crippen molar-refractivity contribution >= 4 is 43.2 Å². The van der Waals surface area contributed by atoms with Gasteiger partial charge < -0.3 is 0 Å². The Morgan fingerprint density at radius 3 is 1.55 bits per heavy atom. The van der Waals surface area contributed by atoms with Gasteiger partial charge in [-0.25, -0.2) is 9.97 Å². The van der Waals surface area contributed by atoms with Crippen LogP contribution in [-0.2, 0) is 6.42 Å². The van der Waals surface area contributed by atoms with Crippen molar-refractivity contribution in [3.8, 4) is 56.0 Å². The summed E-state index contributed by atoms with van der Waals surface area (Å²) >= 11 is 0. The van der Waals surface area contributed by atoms with Crippen molar-refractivity contribution in [2.24, 2.45) is 0 Å². The van der Waals surface area contributed by atoms with Crippen molar-refractivity contribution in [2.75, 3.05) is 0 Å². The summed E-state index contributed by atoms with van der Waals surface area (Å²) in [5, 5.41) is 8.83.